The highest BCUT2D eigenvalue weighted by Crippen LogP contribution is 2.36. The molecule has 1 aromatic rings. The Bertz CT molecular complexity index is 479. The first-order chi connectivity index (χ1) is 8.83. The number of para-hydroxylation sites is 1. The van der Waals surface area contributed by atoms with Crippen LogP contribution in [0.15, 0.2) is 24.3 Å². The molecule has 1 amide bonds. The van der Waals surface area contributed by atoms with Gasteiger partial charge in [-0.3, -0.25) is 4.79 Å². The highest BCUT2D eigenvalue weighted by atomic mass is 16.5. The van der Waals surface area contributed by atoms with Crippen molar-refractivity contribution < 1.29 is 14.6 Å². The molecule has 0 aromatic heterocycles. The highest BCUT2D eigenvalue weighted by molar-refractivity contribution is 5.81. The lowest BCUT2D eigenvalue weighted by Crippen LogP contribution is -2.46. The van der Waals surface area contributed by atoms with Crippen molar-refractivity contribution in [2.24, 2.45) is 5.41 Å². The van der Waals surface area contributed by atoms with Crippen LogP contribution >= 0.6 is 0 Å². The third kappa shape index (κ3) is 2.89. The second kappa shape index (κ2) is 4.85. The van der Waals surface area contributed by atoms with Crippen molar-refractivity contribution in [3.8, 4) is 5.75 Å². The zero-order chi connectivity index (χ0) is 14.1. The Balaban J connectivity index is 2.14. The molecule has 0 saturated heterocycles. The van der Waals surface area contributed by atoms with E-state index in [1.165, 1.54) is 0 Å². The van der Waals surface area contributed by atoms with Crippen LogP contribution in [0.4, 0.5) is 0 Å². The largest absolute Gasteiger partial charge is 0.493 e. The normalized spacial score (nSPS) is 22.3. The summed E-state index contributed by atoms with van der Waals surface area (Å²) >= 11 is 0. The second-order valence-electron chi connectivity index (χ2n) is 6.06. The van der Waals surface area contributed by atoms with Gasteiger partial charge >= 0.3 is 0 Å². The van der Waals surface area contributed by atoms with Gasteiger partial charge in [-0.1, -0.05) is 39.0 Å². The maximum absolute atomic E-state index is 11.9. The lowest BCUT2D eigenvalue weighted by molar-refractivity contribution is -0.130. The number of fused-ring (bicyclic) bond motifs is 1. The van der Waals surface area contributed by atoms with Crippen LogP contribution < -0.4 is 10.1 Å². The Labute approximate surface area is 113 Å². The molecule has 2 N–H and O–H groups in total. The van der Waals surface area contributed by atoms with Gasteiger partial charge in [-0.25, -0.2) is 0 Å². The number of benzene rings is 1. The molecule has 0 saturated carbocycles. The maximum Gasteiger partial charge on any atom is 0.225 e. The first kappa shape index (κ1) is 13.9. The zero-order valence-electron chi connectivity index (χ0n) is 11.7. The van der Waals surface area contributed by atoms with E-state index in [-0.39, 0.29) is 12.5 Å². The number of nitrogens with one attached hydrogen (secondary N) is 1. The fraction of sp³-hybridized carbons (Fsp3) is 0.533. The molecule has 1 aromatic carbocycles. The molecule has 104 valence electrons. The lowest BCUT2D eigenvalue weighted by Gasteiger charge is -2.35. The summed E-state index contributed by atoms with van der Waals surface area (Å²) in [4.78, 5) is 11.9. The highest BCUT2D eigenvalue weighted by Gasteiger charge is 2.36. The fourth-order valence-corrected chi connectivity index (χ4v) is 2.12. The Kier molecular flexibility index (Phi) is 3.54. The van der Waals surface area contributed by atoms with Crippen LogP contribution in [-0.2, 0) is 10.4 Å². The Morgan fingerprint density at radius 3 is 2.79 bits per heavy atom. The molecule has 1 atom stereocenters. The molecule has 4 nitrogen and oxygen atoms in total. The van der Waals surface area contributed by atoms with E-state index in [9.17, 15) is 9.90 Å². The van der Waals surface area contributed by atoms with Gasteiger partial charge in [-0.2, -0.15) is 0 Å². The van der Waals surface area contributed by atoms with Crippen molar-refractivity contribution in [3.05, 3.63) is 29.8 Å². The number of carbonyl (C=O) groups is 1. The summed E-state index contributed by atoms with van der Waals surface area (Å²) in [5.74, 6) is 0.631. The summed E-state index contributed by atoms with van der Waals surface area (Å²) in [6.45, 7) is 6.22. The molecule has 0 aliphatic carbocycles. The first-order valence-corrected chi connectivity index (χ1v) is 6.56. The van der Waals surface area contributed by atoms with E-state index in [1.54, 1.807) is 0 Å². The van der Waals surface area contributed by atoms with Gasteiger partial charge in [0.15, 0.2) is 0 Å². The average molecular weight is 263 g/mol. The van der Waals surface area contributed by atoms with E-state index in [0.717, 1.165) is 5.56 Å². The molecule has 1 unspecified atom stereocenters. The van der Waals surface area contributed by atoms with Crippen LogP contribution in [0.3, 0.4) is 0 Å². The number of hydrogen-bond donors (Lipinski definition) is 2. The summed E-state index contributed by atoms with van der Waals surface area (Å²) in [6, 6.07) is 7.42. The number of aliphatic hydroxyl groups is 1. The van der Waals surface area contributed by atoms with E-state index < -0.39 is 11.0 Å². The molecule has 1 aliphatic rings. The number of amides is 1. The molecule has 0 spiro atoms. The molecule has 4 heteroatoms. The van der Waals surface area contributed by atoms with Gasteiger partial charge in [-0.15, -0.1) is 0 Å². The van der Waals surface area contributed by atoms with Crippen molar-refractivity contribution in [3.63, 3.8) is 0 Å². The predicted molar refractivity (Wildman–Crippen MR) is 72.9 cm³/mol. The van der Waals surface area contributed by atoms with E-state index in [4.69, 9.17) is 4.74 Å². The van der Waals surface area contributed by atoms with E-state index in [0.29, 0.717) is 18.8 Å². The Hall–Kier alpha value is -1.55. The van der Waals surface area contributed by atoms with Gasteiger partial charge in [0.05, 0.1) is 13.2 Å². The standard InChI is InChI=1S/C15H21NO3/c1-14(2,3)13(17)16-10-15(18)8-9-19-12-7-5-4-6-11(12)15/h4-7,18H,8-10H2,1-3H3,(H,16,17). The van der Waals surface area contributed by atoms with E-state index >= 15 is 0 Å². The molecular formula is C15H21NO3. The van der Waals surface area contributed by atoms with Crippen molar-refractivity contribution >= 4 is 5.91 Å². The molecule has 1 heterocycles. The van der Waals surface area contributed by atoms with Gasteiger partial charge in [-0.05, 0) is 6.07 Å². The maximum atomic E-state index is 11.9. The summed E-state index contributed by atoms with van der Waals surface area (Å²) in [7, 11) is 0. The van der Waals surface area contributed by atoms with Crippen LogP contribution in [0.1, 0.15) is 32.8 Å². The minimum atomic E-state index is -1.05. The smallest absolute Gasteiger partial charge is 0.225 e. The quantitative estimate of drug-likeness (QED) is 0.855. The van der Waals surface area contributed by atoms with Crippen molar-refractivity contribution in [1.82, 2.24) is 5.32 Å². The van der Waals surface area contributed by atoms with Crippen LogP contribution in [-0.4, -0.2) is 24.2 Å². The topological polar surface area (TPSA) is 58.6 Å². The van der Waals surface area contributed by atoms with Crippen LogP contribution in [0, 0.1) is 5.41 Å². The van der Waals surface area contributed by atoms with Crippen molar-refractivity contribution in [2.45, 2.75) is 32.8 Å². The average Bonchev–Trinajstić information content (AvgIpc) is 2.35. The van der Waals surface area contributed by atoms with Crippen LogP contribution in [0.2, 0.25) is 0 Å². The number of rotatable bonds is 2. The number of carbonyl (C=O) groups excluding carboxylic acids is 1. The summed E-state index contributed by atoms with van der Waals surface area (Å²) in [6.07, 6.45) is 0.481. The fourth-order valence-electron chi connectivity index (χ4n) is 2.12. The molecule has 2 rings (SSSR count). The number of hydrogen-bond acceptors (Lipinski definition) is 3. The predicted octanol–water partition coefficient (Wildman–Crippen LogP) is 1.82. The van der Waals surface area contributed by atoms with E-state index in [2.05, 4.69) is 5.32 Å². The Morgan fingerprint density at radius 1 is 1.42 bits per heavy atom. The first-order valence-electron chi connectivity index (χ1n) is 6.56. The lowest BCUT2D eigenvalue weighted by atomic mass is 9.87. The van der Waals surface area contributed by atoms with Gasteiger partial charge in [0.25, 0.3) is 0 Å². The van der Waals surface area contributed by atoms with Gasteiger partial charge in [0, 0.05) is 17.4 Å². The minimum absolute atomic E-state index is 0.0649. The Morgan fingerprint density at radius 2 is 2.11 bits per heavy atom. The SMILES string of the molecule is CC(C)(C)C(=O)NCC1(O)CCOc2ccccc21. The van der Waals surface area contributed by atoms with Crippen LogP contribution in [0.25, 0.3) is 0 Å². The molecule has 1 aliphatic heterocycles. The molecule has 19 heavy (non-hydrogen) atoms. The molecule has 0 bridgehead atoms. The molecular weight excluding hydrogens is 242 g/mol. The number of ether oxygens (including phenoxy) is 1. The molecule has 0 radical (unpaired) electrons. The third-order valence-corrected chi connectivity index (χ3v) is 3.38. The third-order valence-electron chi connectivity index (χ3n) is 3.38. The van der Waals surface area contributed by atoms with Crippen LogP contribution in [0.5, 0.6) is 5.75 Å². The monoisotopic (exact) mass is 263 g/mol. The summed E-state index contributed by atoms with van der Waals surface area (Å²) in [5, 5.41) is 13.6. The van der Waals surface area contributed by atoms with E-state index in [1.807, 2.05) is 45.0 Å². The minimum Gasteiger partial charge on any atom is -0.493 e. The summed E-state index contributed by atoms with van der Waals surface area (Å²) in [5.41, 5.74) is -0.757. The van der Waals surface area contributed by atoms with Crippen molar-refractivity contribution in [1.29, 1.82) is 0 Å². The second-order valence-corrected chi connectivity index (χ2v) is 6.06. The van der Waals surface area contributed by atoms with Crippen molar-refractivity contribution in [2.75, 3.05) is 13.2 Å². The molecule has 0 fully saturated rings. The van der Waals surface area contributed by atoms with Gasteiger partial charge < -0.3 is 15.2 Å². The van der Waals surface area contributed by atoms with Gasteiger partial charge in [0.1, 0.15) is 11.4 Å². The zero-order valence-corrected chi connectivity index (χ0v) is 11.7. The summed E-state index contributed by atoms with van der Waals surface area (Å²) < 4.78 is 5.52. The van der Waals surface area contributed by atoms with Gasteiger partial charge in [0.2, 0.25) is 5.91 Å².